The molecule has 1 aromatic carbocycles. The first-order valence-corrected chi connectivity index (χ1v) is 7.20. The highest BCUT2D eigenvalue weighted by Gasteiger charge is 2.18. The van der Waals surface area contributed by atoms with Crippen LogP contribution in [-0.2, 0) is 11.3 Å². The molecule has 0 bridgehead atoms. The highest BCUT2D eigenvalue weighted by atomic mass is 16.4. The van der Waals surface area contributed by atoms with E-state index in [2.05, 4.69) is 10.9 Å². The Morgan fingerprint density at radius 1 is 1.32 bits per heavy atom. The number of hydrogen-bond donors (Lipinski definition) is 3. The Kier molecular flexibility index (Phi) is 5.30. The van der Waals surface area contributed by atoms with E-state index in [4.69, 9.17) is 9.52 Å². The highest BCUT2D eigenvalue weighted by Crippen LogP contribution is 2.12. The Morgan fingerprint density at radius 2 is 2.05 bits per heavy atom. The van der Waals surface area contributed by atoms with Crippen molar-refractivity contribution in [3.8, 4) is 0 Å². The van der Waals surface area contributed by atoms with Gasteiger partial charge in [0.05, 0.1) is 5.56 Å². The molecule has 0 amide bonds. The first-order chi connectivity index (χ1) is 10.5. The van der Waals surface area contributed by atoms with E-state index in [1.165, 1.54) is 0 Å². The molecular weight excluding hydrogens is 284 g/mol. The van der Waals surface area contributed by atoms with Crippen LogP contribution in [-0.4, -0.2) is 17.1 Å². The van der Waals surface area contributed by atoms with Crippen LogP contribution >= 0.6 is 0 Å². The summed E-state index contributed by atoms with van der Waals surface area (Å²) >= 11 is 0. The second-order valence-corrected chi connectivity index (χ2v) is 5.62. The molecule has 0 fully saturated rings. The molecule has 1 atom stereocenters. The van der Waals surface area contributed by atoms with Crippen molar-refractivity contribution in [2.45, 2.75) is 32.9 Å². The fourth-order valence-electron chi connectivity index (χ4n) is 2.19. The third-order valence-corrected chi connectivity index (χ3v) is 3.27. The summed E-state index contributed by atoms with van der Waals surface area (Å²) in [6.07, 6.45) is 0.495. The second kappa shape index (κ2) is 7.20. The molecule has 3 N–H and O–H groups in total. The van der Waals surface area contributed by atoms with Gasteiger partial charge in [0.25, 0.3) is 0 Å². The van der Waals surface area contributed by atoms with Crippen LogP contribution in [0, 0.1) is 5.92 Å². The van der Waals surface area contributed by atoms with E-state index in [0.717, 1.165) is 5.39 Å². The molecule has 1 heterocycles. The number of carboxylic acids is 1. The van der Waals surface area contributed by atoms with Crippen LogP contribution in [0.1, 0.15) is 25.8 Å². The highest BCUT2D eigenvalue weighted by molar-refractivity contribution is 5.76. The van der Waals surface area contributed by atoms with E-state index in [-0.39, 0.29) is 12.5 Å². The Hall–Kier alpha value is -2.18. The zero-order valence-electron chi connectivity index (χ0n) is 12.6. The number of benzene rings is 1. The van der Waals surface area contributed by atoms with Crippen LogP contribution in [0.3, 0.4) is 0 Å². The van der Waals surface area contributed by atoms with E-state index < -0.39 is 17.6 Å². The molecule has 0 unspecified atom stereocenters. The maximum atomic E-state index is 11.9. The zero-order chi connectivity index (χ0) is 16.1. The number of carbonyl (C=O) groups is 1. The quantitative estimate of drug-likeness (QED) is 0.534. The largest absolute Gasteiger partial charge is 0.480 e. The summed E-state index contributed by atoms with van der Waals surface area (Å²) in [6, 6.07) is 8.29. The molecular formula is C16H20N2O4. The Bertz CT molecular complexity index is 709. The smallest absolute Gasteiger partial charge is 0.340 e. The number of carboxylic acid groups (broad SMARTS) is 1. The summed E-state index contributed by atoms with van der Waals surface area (Å²) in [6.45, 7) is 4.10. The minimum Gasteiger partial charge on any atom is -0.480 e. The molecule has 6 heteroatoms. The Morgan fingerprint density at radius 3 is 2.73 bits per heavy atom. The summed E-state index contributed by atoms with van der Waals surface area (Å²) in [5.74, 6) is -0.673. The van der Waals surface area contributed by atoms with Gasteiger partial charge >= 0.3 is 11.6 Å². The van der Waals surface area contributed by atoms with Gasteiger partial charge in [0.15, 0.2) is 0 Å². The molecule has 2 aromatic rings. The molecule has 0 spiro atoms. The fourth-order valence-corrected chi connectivity index (χ4v) is 2.19. The van der Waals surface area contributed by atoms with Crippen LogP contribution in [0.2, 0.25) is 0 Å². The minimum absolute atomic E-state index is 0.190. The van der Waals surface area contributed by atoms with Gasteiger partial charge in [-0.15, -0.1) is 0 Å². The van der Waals surface area contributed by atoms with Gasteiger partial charge in [0.2, 0.25) is 0 Å². The fraction of sp³-hybridized carbons (Fsp3) is 0.375. The standard InChI is InChI=1S/C16H20N2O4/c1-10(2)7-13(15(19)20)18-17-9-12-8-11-5-3-4-6-14(11)22-16(12)21/h3-6,8,10,13,17-18H,7,9H2,1-2H3,(H,19,20)/t13-/m0/s1. The number of rotatable bonds is 7. The van der Waals surface area contributed by atoms with E-state index in [9.17, 15) is 9.59 Å². The number of nitrogens with one attached hydrogen (secondary N) is 2. The minimum atomic E-state index is -0.924. The van der Waals surface area contributed by atoms with Gasteiger partial charge in [-0.3, -0.25) is 10.2 Å². The van der Waals surface area contributed by atoms with Crippen molar-refractivity contribution in [2.24, 2.45) is 5.92 Å². The SMILES string of the molecule is CC(C)C[C@H](NNCc1cc2ccccc2oc1=O)C(=O)O. The Labute approximate surface area is 128 Å². The number of fused-ring (bicyclic) bond motifs is 1. The van der Waals surface area contributed by atoms with Gasteiger partial charge in [-0.05, 0) is 24.5 Å². The van der Waals surface area contributed by atoms with Crippen LogP contribution in [0.15, 0.2) is 39.5 Å². The molecule has 2 rings (SSSR count). The van der Waals surface area contributed by atoms with Gasteiger partial charge in [0, 0.05) is 11.9 Å². The maximum absolute atomic E-state index is 11.9. The molecule has 118 valence electrons. The van der Waals surface area contributed by atoms with Crippen molar-refractivity contribution in [3.05, 3.63) is 46.3 Å². The Balaban J connectivity index is 2.03. The first kappa shape index (κ1) is 16.2. The molecule has 1 aromatic heterocycles. The predicted molar refractivity (Wildman–Crippen MR) is 83.3 cm³/mol. The van der Waals surface area contributed by atoms with Gasteiger partial charge in [-0.1, -0.05) is 32.0 Å². The van der Waals surface area contributed by atoms with E-state index in [1.807, 2.05) is 26.0 Å². The molecule has 0 saturated carbocycles. The lowest BCUT2D eigenvalue weighted by Gasteiger charge is -2.17. The second-order valence-electron chi connectivity index (χ2n) is 5.62. The molecule has 0 radical (unpaired) electrons. The van der Waals surface area contributed by atoms with Crippen molar-refractivity contribution in [2.75, 3.05) is 0 Å². The van der Waals surface area contributed by atoms with Crippen molar-refractivity contribution in [1.82, 2.24) is 10.9 Å². The van der Waals surface area contributed by atoms with Crippen molar-refractivity contribution in [1.29, 1.82) is 0 Å². The van der Waals surface area contributed by atoms with Crippen LogP contribution in [0.5, 0.6) is 0 Å². The van der Waals surface area contributed by atoms with Crippen molar-refractivity contribution < 1.29 is 14.3 Å². The summed E-state index contributed by atoms with van der Waals surface area (Å²) in [4.78, 5) is 23.0. The third-order valence-electron chi connectivity index (χ3n) is 3.27. The third kappa shape index (κ3) is 4.16. The van der Waals surface area contributed by atoms with Crippen molar-refractivity contribution in [3.63, 3.8) is 0 Å². The molecule has 6 nitrogen and oxygen atoms in total. The molecule has 0 aliphatic rings. The average molecular weight is 304 g/mol. The predicted octanol–water partition coefficient (Wildman–Crippen LogP) is 1.89. The van der Waals surface area contributed by atoms with Crippen LogP contribution in [0.4, 0.5) is 0 Å². The molecule has 22 heavy (non-hydrogen) atoms. The van der Waals surface area contributed by atoms with Crippen molar-refractivity contribution >= 4 is 16.9 Å². The summed E-state index contributed by atoms with van der Waals surface area (Å²) < 4.78 is 5.22. The monoisotopic (exact) mass is 304 g/mol. The summed E-state index contributed by atoms with van der Waals surface area (Å²) in [7, 11) is 0. The lowest BCUT2D eigenvalue weighted by Crippen LogP contribution is -2.46. The molecule has 0 saturated heterocycles. The van der Waals surface area contributed by atoms with Gasteiger partial charge in [-0.25, -0.2) is 10.2 Å². The zero-order valence-corrected chi connectivity index (χ0v) is 12.6. The van der Waals surface area contributed by atoms with Gasteiger partial charge < -0.3 is 9.52 Å². The normalized spacial score (nSPS) is 12.7. The van der Waals surface area contributed by atoms with E-state index in [1.54, 1.807) is 18.2 Å². The summed E-state index contributed by atoms with van der Waals surface area (Å²) in [5, 5.41) is 9.96. The van der Waals surface area contributed by atoms with E-state index in [0.29, 0.717) is 17.6 Å². The van der Waals surface area contributed by atoms with E-state index >= 15 is 0 Å². The topological polar surface area (TPSA) is 91.6 Å². The number of hydrazine groups is 1. The summed E-state index contributed by atoms with van der Waals surface area (Å²) in [5.41, 5.74) is 6.10. The first-order valence-electron chi connectivity index (χ1n) is 7.20. The molecule has 0 aliphatic carbocycles. The van der Waals surface area contributed by atoms with Crippen LogP contribution < -0.4 is 16.5 Å². The van der Waals surface area contributed by atoms with Crippen LogP contribution in [0.25, 0.3) is 11.0 Å². The maximum Gasteiger partial charge on any atom is 0.340 e. The lowest BCUT2D eigenvalue weighted by molar-refractivity contribution is -0.140. The number of para-hydroxylation sites is 1. The molecule has 0 aliphatic heterocycles. The van der Waals surface area contributed by atoms with Gasteiger partial charge in [0.1, 0.15) is 11.6 Å². The average Bonchev–Trinajstić information content (AvgIpc) is 2.46. The van der Waals surface area contributed by atoms with Gasteiger partial charge in [-0.2, -0.15) is 0 Å². The number of hydrogen-bond acceptors (Lipinski definition) is 5. The number of aliphatic carboxylic acids is 1. The lowest BCUT2D eigenvalue weighted by atomic mass is 10.0.